The summed E-state index contributed by atoms with van der Waals surface area (Å²) in [5.74, 6) is 0. The molecule has 2 heteroatoms. The number of hydrogen-bond donors (Lipinski definition) is 1. The fourth-order valence-corrected chi connectivity index (χ4v) is 2.57. The molecule has 0 aliphatic carbocycles. The lowest BCUT2D eigenvalue weighted by molar-refractivity contribution is 0.726. The van der Waals surface area contributed by atoms with Crippen LogP contribution in [0.25, 0.3) is 0 Å². The predicted octanol–water partition coefficient (Wildman–Crippen LogP) is 4.05. The molecule has 2 aromatic carbocycles. The van der Waals surface area contributed by atoms with Gasteiger partial charge in [-0.1, -0.05) is 37.3 Å². The standard InChI is InChI=1S/C19H26N2/c1-5-20-13-17-6-8-18(9-7-17)14-21(4)19-11-15(2)10-16(3)12-19/h6-12,20H,5,13-14H2,1-4H3. The Hall–Kier alpha value is -1.80. The van der Waals surface area contributed by atoms with Crippen LogP contribution in [0.4, 0.5) is 5.69 Å². The van der Waals surface area contributed by atoms with Crippen LogP contribution >= 0.6 is 0 Å². The summed E-state index contributed by atoms with van der Waals surface area (Å²) in [5, 5.41) is 3.35. The molecule has 2 aromatic rings. The van der Waals surface area contributed by atoms with Crippen molar-refractivity contribution in [3.63, 3.8) is 0 Å². The highest BCUT2D eigenvalue weighted by Gasteiger charge is 2.04. The average molecular weight is 282 g/mol. The molecule has 0 aliphatic rings. The van der Waals surface area contributed by atoms with Gasteiger partial charge in [0.05, 0.1) is 0 Å². The zero-order valence-corrected chi connectivity index (χ0v) is 13.6. The monoisotopic (exact) mass is 282 g/mol. The first-order chi connectivity index (χ1) is 10.1. The highest BCUT2D eigenvalue weighted by atomic mass is 15.1. The van der Waals surface area contributed by atoms with E-state index in [4.69, 9.17) is 0 Å². The molecular formula is C19H26N2. The summed E-state index contributed by atoms with van der Waals surface area (Å²) >= 11 is 0. The Balaban J connectivity index is 2.03. The van der Waals surface area contributed by atoms with E-state index in [1.54, 1.807) is 0 Å². The van der Waals surface area contributed by atoms with Gasteiger partial charge in [0.25, 0.3) is 0 Å². The molecule has 0 radical (unpaired) electrons. The van der Waals surface area contributed by atoms with E-state index in [2.05, 4.69) is 80.5 Å². The molecule has 0 spiro atoms. The molecule has 0 saturated heterocycles. The van der Waals surface area contributed by atoms with Gasteiger partial charge in [0.2, 0.25) is 0 Å². The van der Waals surface area contributed by atoms with Crippen LogP contribution in [0, 0.1) is 13.8 Å². The van der Waals surface area contributed by atoms with Gasteiger partial charge in [0.15, 0.2) is 0 Å². The maximum Gasteiger partial charge on any atom is 0.0426 e. The van der Waals surface area contributed by atoms with Crippen molar-refractivity contribution in [1.29, 1.82) is 0 Å². The van der Waals surface area contributed by atoms with Crippen molar-refractivity contribution in [2.75, 3.05) is 18.5 Å². The average Bonchev–Trinajstić information content (AvgIpc) is 2.45. The Morgan fingerprint density at radius 2 is 1.48 bits per heavy atom. The molecule has 0 unspecified atom stereocenters. The smallest absolute Gasteiger partial charge is 0.0426 e. The third-order valence-corrected chi connectivity index (χ3v) is 3.67. The molecule has 0 fully saturated rings. The van der Waals surface area contributed by atoms with Crippen LogP contribution < -0.4 is 10.2 Å². The number of nitrogens with zero attached hydrogens (tertiary/aromatic N) is 1. The lowest BCUT2D eigenvalue weighted by atomic mass is 10.1. The quantitative estimate of drug-likeness (QED) is 0.860. The van der Waals surface area contributed by atoms with Crippen molar-refractivity contribution in [2.24, 2.45) is 0 Å². The minimum Gasteiger partial charge on any atom is -0.370 e. The molecule has 2 rings (SSSR count). The summed E-state index contributed by atoms with van der Waals surface area (Å²) in [4.78, 5) is 2.30. The number of anilines is 1. The Morgan fingerprint density at radius 1 is 0.905 bits per heavy atom. The van der Waals surface area contributed by atoms with Gasteiger partial charge in [-0.05, 0) is 54.8 Å². The van der Waals surface area contributed by atoms with E-state index < -0.39 is 0 Å². The molecule has 0 aliphatic heterocycles. The van der Waals surface area contributed by atoms with E-state index in [1.165, 1.54) is 27.9 Å². The first kappa shape index (κ1) is 15.6. The Labute approximate surface area is 128 Å². The fourth-order valence-electron chi connectivity index (χ4n) is 2.57. The highest BCUT2D eigenvalue weighted by Crippen LogP contribution is 2.19. The van der Waals surface area contributed by atoms with E-state index in [1.807, 2.05) is 0 Å². The van der Waals surface area contributed by atoms with Crippen molar-refractivity contribution in [1.82, 2.24) is 5.32 Å². The first-order valence-electron chi connectivity index (χ1n) is 7.66. The lowest BCUT2D eigenvalue weighted by Crippen LogP contribution is -2.17. The summed E-state index contributed by atoms with van der Waals surface area (Å²) < 4.78 is 0. The second-order valence-corrected chi connectivity index (χ2v) is 5.80. The third-order valence-electron chi connectivity index (χ3n) is 3.67. The summed E-state index contributed by atoms with van der Waals surface area (Å²) in [6.07, 6.45) is 0. The number of hydrogen-bond acceptors (Lipinski definition) is 2. The molecule has 0 aromatic heterocycles. The third kappa shape index (κ3) is 4.61. The molecule has 0 bridgehead atoms. The number of aryl methyl sites for hydroxylation is 2. The van der Waals surface area contributed by atoms with Crippen molar-refractivity contribution in [2.45, 2.75) is 33.9 Å². The second kappa shape index (κ2) is 7.28. The fraction of sp³-hybridized carbons (Fsp3) is 0.368. The number of benzene rings is 2. The number of rotatable bonds is 6. The summed E-state index contributed by atoms with van der Waals surface area (Å²) in [7, 11) is 2.15. The van der Waals surface area contributed by atoms with Gasteiger partial charge in [-0.15, -0.1) is 0 Å². The second-order valence-electron chi connectivity index (χ2n) is 5.80. The van der Waals surface area contributed by atoms with Gasteiger partial charge < -0.3 is 10.2 Å². The zero-order chi connectivity index (χ0) is 15.2. The van der Waals surface area contributed by atoms with Gasteiger partial charge in [-0.2, -0.15) is 0 Å². The first-order valence-corrected chi connectivity index (χ1v) is 7.66. The van der Waals surface area contributed by atoms with Gasteiger partial charge in [-0.3, -0.25) is 0 Å². The molecule has 21 heavy (non-hydrogen) atoms. The van der Waals surface area contributed by atoms with Crippen molar-refractivity contribution in [3.8, 4) is 0 Å². The minimum atomic E-state index is 0.935. The van der Waals surface area contributed by atoms with E-state index in [-0.39, 0.29) is 0 Å². The van der Waals surface area contributed by atoms with Gasteiger partial charge in [-0.25, -0.2) is 0 Å². The van der Waals surface area contributed by atoms with E-state index >= 15 is 0 Å². The largest absolute Gasteiger partial charge is 0.370 e. The van der Waals surface area contributed by atoms with Gasteiger partial charge >= 0.3 is 0 Å². The topological polar surface area (TPSA) is 15.3 Å². The van der Waals surface area contributed by atoms with Crippen LogP contribution in [0.3, 0.4) is 0 Å². The van der Waals surface area contributed by atoms with E-state index in [0.29, 0.717) is 0 Å². The molecule has 1 N–H and O–H groups in total. The zero-order valence-electron chi connectivity index (χ0n) is 13.6. The van der Waals surface area contributed by atoms with Crippen LogP contribution in [0.1, 0.15) is 29.2 Å². The Kier molecular flexibility index (Phi) is 5.40. The number of nitrogens with one attached hydrogen (secondary N) is 1. The SMILES string of the molecule is CCNCc1ccc(CN(C)c2cc(C)cc(C)c2)cc1. The summed E-state index contributed by atoms with van der Waals surface area (Å²) in [6.45, 7) is 9.33. The molecule has 0 amide bonds. The summed E-state index contributed by atoms with van der Waals surface area (Å²) in [6, 6.07) is 15.6. The molecule has 0 saturated carbocycles. The maximum atomic E-state index is 3.35. The van der Waals surface area contributed by atoms with Crippen LogP contribution in [0.5, 0.6) is 0 Å². The van der Waals surface area contributed by atoms with E-state index in [9.17, 15) is 0 Å². The summed E-state index contributed by atoms with van der Waals surface area (Å²) in [5.41, 5.74) is 6.60. The molecule has 0 atom stereocenters. The Bertz CT molecular complexity index is 552. The van der Waals surface area contributed by atoms with Crippen molar-refractivity contribution >= 4 is 5.69 Å². The molecule has 2 nitrogen and oxygen atoms in total. The molecule has 0 heterocycles. The predicted molar refractivity (Wildman–Crippen MR) is 91.8 cm³/mol. The van der Waals surface area contributed by atoms with Gasteiger partial charge in [0, 0.05) is 25.8 Å². The lowest BCUT2D eigenvalue weighted by Gasteiger charge is -2.21. The van der Waals surface area contributed by atoms with Crippen molar-refractivity contribution < 1.29 is 0 Å². The van der Waals surface area contributed by atoms with Crippen LogP contribution in [0.15, 0.2) is 42.5 Å². The van der Waals surface area contributed by atoms with Crippen LogP contribution in [0.2, 0.25) is 0 Å². The van der Waals surface area contributed by atoms with Crippen LogP contribution in [-0.4, -0.2) is 13.6 Å². The van der Waals surface area contributed by atoms with E-state index in [0.717, 1.165) is 19.6 Å². The van der Waals surface area contributed by atoms with Gasteiger partial charge in [0.1, 0.15) is 0 Å². The highest BCUT2D eigenvalue weighted by molar-refractivity contribution is 5.50. The normalized spacial score (nSPS) is 10.7. The molecular weight excluding hydrogens is 256 g/mol. The minimum absolute atomic E-state index is 0.935. The van der Waals surface area contributed by atoms with Crippen molar-refractivity contribution in [3.05, 3.63) is 64.7 Å². The van der Waals surface area contributed by atoms with Crippen LogP contribution in [-0.2, 0) is 13.1 Å². The molecule has 112 valence electrons. The maximum absolute atomic E-state index is 3.35. The Morgan fingerprint density at radius 3 is 2.05 bits per heavy atom.